The van der Waals surface area contributed by atoms with Crippen LogP contribution in [0, 0.1) is 13.8 Å². The number of carbonyl (C=O) groups is 1. The van der Waals surface area contributed by atoms with Crippen molar-refractivity contribution in [2.75, 3.05) is 7.11 Å². The van der Waals surface area contributed by atoms with Gasteiger partial charge in [0.1, 0.15) is 6.61 Å². The van der Waals surface area contributed by atoms with Crippen molar-refractivity contribution in [2.24, 2.45) is 0 Å². The van der Waals surface area contributed by atoms with Crippen LogP contribution in [0.15, 0.2) is 36.4 Å². The molecule has 0 spiro atoms. The molecule has 2 rings (SSSR count). The number of hydrogen-bond donors (Lipinski definition) is 1. The highest BCUT2D eigenvalue weighted by Crippen LogP contribution is 2.29. The van der Waals surface area contributed by atoms with E-state index >= 15 is 0 Å². The molecule has 0 fully saturated rings. The van der Waals surface area contributed by atoms with Crippen LogP contribution in [0.3, 0.4) is 0 Å². The number of methoxy groups -OCH3 is 1. The Bertz CT molecular complexity index is 642. The van der Waals surface area contributed by atoms with Gasteiger partial charge in [-0.05, 0) is 37.6 Å². The fraction of sp³-hybridized carbons (Fsp3) is 0.235. The Kier molecular flexibility index (Phi) is 4.48. The second-order valence-corrected chi connectivity index (χ2v) is 4.96. The van der Waals surface area contributed by atoms with Gasteiger partial charge in [0.25, 0.3) is 0 Å². The topological polar surface area (TPSA) is 55.8 Å². The van der Waals surface area contributed by atoms with Crippen LogP contribution >= 0.6 is 0 Å². The van der Waals surface area contributed by atoms with Crippen molar-refractivity contribution in [1.82, 2.24) is 0 Å². The summed E-state index contributed by atoms with van der Waals surface area (Å²) in [5, 5.41) is 9.03. The maximum Gasteiger partial charge on any atom is 0.335 e. The molecule has 4 heteroatoms. The molecule has 0 amide bonds. The minimum atomic E-state index is -0.992. The molecular weight excluding hydrogens is 268 g/mol. The van der Waals surface area contributed by atoms with E-state index in [4.69, 9.17) is 14.6 Å². The van der Waals surface area contributed by atoms with Gasteiger partial charge in [0, 0.05) is 0 Å². The molecule has 0 radical (unpaired) electrons. The van der Waals surface area contributed by atoms with Gasteiger partial charge in [0.15, 0.2) is 11.5 Å². The minimum absolute atomic E-state index is 0.172. The Morgan fingerprint density at radius 2 is 1.71 bits per heavy atom. The Morgan fingerprint density at radius 1 is 1.05 bits per heavy atom. The lowest BCUT2D eigenvalue weighted by molar-refractivity contribution is 0.0696. The first-order valence-electron chi connectivity index (χ1n) is 6.61. The van der Waals surface area contributed by atoms with E-state index in [-0.39, 0.29) is 5.56 Å². The third-order valence-electron chi connectivity index (χ3n) is 3.09. The standard InChI is InChI=1S/C17H18O4/c1-11-6-12(2)8-13(7-11)10-21-16-9-14(17(18)19)4-5-15(16)20-3/h4-9H,10H2,1-3H3,(H,18,19). The molecule has 0 saturated carbocycles. The largest absolute Gasteiger partial charge is 0.493 e. The summed E-state index contributed by atoms with van der Waals surface area (Å²) in [7, 11) is 1.53. The maximum atomic E-state index is 11.0. The summed E-state index contributed by atoms with van der Waals surface area (Å²) in [6.07, 6.45) is 0. The predicted molar refractivity (Wildman–Crippen MR) is 80.2 cm³/mol. The SMILES string of the molecule is COc1ccc(C(=O)O)cc1OCc1cc(C)cc(C)c1. The summed E-state index contributed by atoms with van der Waals surface area (Å²) in [5.41, 5.74) is 3.54. The normalized spacial score (nSPS) is 10.2. The number of aryl methyl sites for hydroxylation is 2. The van der Waals surface area contributed by atoms with E-state index in [9.17, 15) is 4.79 Å². The Balaban J connectivity index is 2.21. The van der Waals surface area contributed by atoms with Gasteiger partial charge in [-0.3, -0.25) is 0 Å². The van der Waals surface area contributed by atoms with E-state index in [1.54, 1.807) is 6.07 Å². The molecule has 110 valence electrons. The molecule has 0 unspecified atom stereocenters. The van der Waals surface area contributed by atoms with E-state index < -0.39 is 5.97 Å². The summed E-state index contributed by atoms with van der Waals surface area (Å²) in [6, 6.07) is 10.7. The molecule has 1 N–H and O–H groups in total. The van der Waals surface area contributed by atoms with Gasteiger partial charge in [-0.2, -0.15) is 0 Å². The van der Waals surface area contributed by atoms with Gasteiger partial charge in [0.05, 0.1) is 12.7 Å². The van der Waals surface area contributed by atoms with Crippen LogP contribution in [0.4, 0.5) is 0 Å². The molecule has 0 saturated heterocycles. The predicted octanol–water partition coefficient (Wildman–Crippen LogP) is 3.59. The molecule has 2 aromatic carbocycles. The van der Waals surface area contributed by atoms with Crippen LogP contribution < -0.4 is 9.47 Å². The van der Waals surface area contributed by atoms with Gasteiger partial charge in [-0.1, -0.05) is 29.3 Å². The fourth-order valence-corrected chi connectivity index (χ4v) is 2.24. The molecule has 0 aliphatic rings. The van der Waals surface area contributed by atoms with E-state index in [2.05, 4.69) is 6.07 Å². The molecule has 0 aromatic heterocycles. The minimum Gasteiger partial charge on any atom is -0.493 e. The van der Waals surface area contributed by atoms with Gasteiger partial charge in [-0.25, -0.2) is 4.79 Å². The highest BCUT2D eigenvalue weighted by Gasteiger charge is 2.10. The lowest BCUT2D eigenvalue weighted by Gasteiger charge is -2.12. The molecule has 4 nitrogen and oxygen atoms in total. The van der Waals surface area contributed by atoms with Crippen molar-refractivity contribution >= 4 is 5.97 Å². The molecule has 21 heavy (non-hydrogen) atoms. The number of aromatic carboxylic acids is 1. The van der Waals surface area contributed by atoms with Crippen molar-refractivity contribution in [2.45, 2.75) is 20.5 Å². The van der Waals surface area contributed by atoms with Crippen molar-refractivity contribution in [1.29, 1.82) is 0 Å². The van der Waals surface area contributed by atoms with Gasteiger partial charge < -0.3 is 14.6 Å². The van der Waals surface area contributed by atoms with Crippen molar-refractivity contribution in [3.63, 3.8) is 0 Å². The van der Waals surface area contributed by atoms with E-state index in [1.165, 1.54) is 30.4 Å². The van der Waals surface area contributed by atoms with Crippen LogP contribution in [-0.4, -0.2) is 18.2 Å². The average molecular weight is 286 g/mol. The first kappa shape index (κ1) is 14.9. The lowest BCUT2D eigenvalue weighted by atomic mass is 10.1. The summed E-state index contributed by atoms with van der Waals surface area (Å²) in [5.74, 6) is -0.0464. The quantitative estimate of drug-likeness (QED) is 0.912. The second-order valence-electron chi connectivity index (χ2n) is 4.96. The summed E-state index contributed by atoms with van der Waals surface area (Å²) < 4.78 is 10.9. The number of carboxylic acid groups (broad SMARTS) is 1. The summed E-state index contributed by atoms with van der Waals surface area (Å²) in [6.45, 7) is 4.42. The van der Waals surface area contributed by atoms with E-state index in [0.717, 1.165) is 5.56 Å². The first-order chi connectivity index (χ1) is 9.99. The lowest BCUT2D eigenvalue weighted by Crippen LogP contribution is -2.02. The molecule has 2 aromatic rings. The molecule has 0 aliphatic carbocycles. The highest BCUT2D eigenvalue weighted by atomic mass is 16.5. The Labute approximate surface area is 123 Å². The van der Waals surface area contributed by atoms with E-state index in [1.807, 2.05) is 26.0 Å². The number of carboxylic acids is 1. The fourth-order valence-electron chi connectivity index (χ4n) is 2.24. The van der Waals surface area contributed by atoms with Crippen molar-refractivity contribution in [3.8, 4) is 11.5 Å². The zero-order chi connectivity index (χ0) is 15.4. The van der Waals surface area contributed by atoms with Crippen LogP contribution in [-0.2, 0) is 6.61 Å². The second kappa shape index (κ2) is 6.31. The number of benzene rings is 2. The number of rotatable bonds is 5. The van der Waals surface area contributed by atoms with Crippen LogP contribution in [0.5, 0.6) is 11.5 Å². The zero-order valence-corrected chi connectivity index (χ0v) is 12.3. The molecule has 0 atom stereocenters. The first-order valence-corrected chi connectivity index (χ1v) is 6.61. The summed E-state index contributed by atoms with van der Waals surface area (Å²) >= 11 is 0. The van der Waals surface area contributed by atoms with Gasteiger partial charge in [-0.15, -0.1) is 0 Å². The van der Waals surface area contributed by atoms with Gasteiger partial charge in [0.2, 0.25) is 0 Å². The molecular formula is C17H18O4. The van der Waals surface area contributed by atoms with Crippen molar-refractivity contribution in [3.05, 3.63) is 58.7 Å². The van der Waals surface area contributed by atoms with E-state index in [0.29, 0.717) is 18.1 Å². The summed E-state index contributed by atoms with van der Waals surface area (Å²) in [4.78, 5) is 11.0. The van der Waals surface area contributed by atoms with Gasteiger partial charge >= 0.3 is 5.97 Å². The monoisotopic (exact) mass is 286 g/mol. The van der Waals surface area contributed by atoms with Crippen LogP contribution in [0.25, 0.3) is 0 Å². The Hall–Kier alpha value is -2.49. The van der Waals surface area contributed by atoms with Crippen LogP contribution in [0.1, 0.15) is 27.0 Å². The Morgan fingerprint density at radius 3 is 2.29 bits per heavy atom. The van der Waals surface area contributed by atoms with Crippen molar-refractivity contribution < 1.29 is 19.4 Å². The number of hydrogen-bond acceptors (Lipinski definition) is 3. The highest BCUT2D eigenvalue weighted by molar-refractivity contribution is 5.88. The number of ether oxygens (including phenoxy) is 2. The third kappa shape index (κ3) is 3.75. The molecule has 0 bridgehead atoms. The van der Waals surface area contributed by atoms with Crippen LogP contribution in [0.2, 0.25) is 0 Å². The molecule has 0 aliphatic heterocycles. The zero-order valence-electron chi connectivity index (χ0n) is 12.3. The third-order valence-corrected chi connectivity index (χ3v) is 3.09. The smallest absolute Gasteiger partial charge is 0.335 e. The maximum absolute atomic E-state index is 11.0. The average Bonchev–Trinajstić information content (AvgIpc) is 2.43. The molecule has 0 heterocycles.